The lowest BCUT2D eigenvalue weighted by molar-refractivity contribution is 0.317. The molecule has 0 radical (unpaired) electrons. The first kappa shape index (κ1) is 42.5. The van der Waals surface area contributed by atoms with Crippen LogP contribution in [0.25, 0.3) is 0 Å². The van der Waals surface area contributed by atoms with Gasteiger partial charge in [-0.2, -0.15) is 0 Å². The van der Waals surface area contributed by atoms with Gasteiger partial charge in [-0.1, -0.05) is 24.3 Å². The van der Waals surface area contributed by atoms with E-state index in [0.717, 1.165) is 42.4 Å². The molecule has 0 saturated carbocycles. The van der Waals surface area contributed by atoms with E-state index in [2.05, 4.69) is 88.6 Å². The molecule has 12 N–H and O–H groups in total. The standard InChI is InChI=1S/C39H61FN16O/c1-26-24-47-35(43)53-36(48-26)45-18-14-28-8-5-9-29(22-28)25-56(4)39-51-33(27(2)49-38(54-39)55(3)20-16-30-10-6-17-44-30)13-12-31(23-41)50-37(52-34(40)42)46-19-15-32-11-7-21-57-32/h5-11,17,21-22,26-27,31,33-34,44H,12-16,18-20,23-25,41-42H2,1-4H3,(H2,46,50,52)(H,49,51,54)(H4,43,45,47,48,53). The summed E-state index contributed by atoms with van der Waals surface area (Å²) in [5, 5.41) is 15.8. The Morgan fingerprint density at radius 2 is 1.82 bits per heavy atom. The number of nitrogens with two attached hydrogens (primary N) is 3. The first-order valence-electron chi connectivity index (χ1n) is 19.7. The van der Waals surface area contributed by atoms with Crippen molar-refractivity contribution in [2.24, 2.45) is 42.2 Å². The van der Waals surface area contributed by atoms with Gasteiger partial charge in [0.05, 0.1) is 24.9 Å². The number of nitrogens with zero attached hydrogens (tertiary/aromatic N) is 7. The number of guanidine groups is 5. The van der Waals surface area contributed by atoms with E-state index >= 15 is 0 Å². The molecule has 5 atom stereocenters. The molecule has 4 heterocycles. The van der Waals surface area contributed by atoms with E-state index in [4.69, 9.17) is 36.6 Å². The van der Waals surface area contributed by atoms with Crippen LogP contribution >= 0.6 is 0 Å². The summed E-state index contributed by atoms with van der Waals surface area (Å²) in [6.45, 7) is 7.35. The van der Waals surface area contributed by atoms with Crippen LogP contribution in [-0.4, -0.2) is 122 Å². The Hall–Kier alpha value is -5.62. The molecule has 1 aromatic carbocycles. The number of aromatic nitrogens is 1. The zero-order valence-corrected chi connectivity index (χ0v) is 33.6. The first-order valence-corrected chi connectivity index (χ1v) is 19.7. The lowest BCUT2D eigenvalue weighted by Crippen LogP contribution is -2.51. The van der Waals surface area contributed by atoms with Crippen molar-refractivity contribution in [2.45, 2.75) is 83.1 Å². The maximum absolute atomic E-state index is 13.9. The Labute approximate surface area is 335 Å². The molecule has 3 aromatic rings. The van der Waals surface area contributed by atoms with Crippen LogP contribution in [0.2, 0.25) is 0 Å². The number of halogens is 1. The number of H-pyrrole nitrogens is 1. The molecule has 2 aliphatic rings. The van der Waals surface area contributed by atoms with E-state index in [1.54, 1.807) is 6.26 Å². The van der Waals surface area contributed by atoms with Gasteiger partial charge < -0.3 is 46.6 Å². The summed E-state index contributed by atoms with van der Waals surface area (Å²) >= 11 is 0. The van der Waals surface area contributed by atoms with E-state index in [1.165, 1.54) is 5.56 Å². The van der Waals surface area contributed by atoms with Crippen LogP contribution in [-0.2, 0) is 25.8 Å². The minimum Gasteiger partial charge on any atom is -0.469 e. The first-order chi connectivity index (χ1) is 27.5. The number of furan rings is 1. The molecule has 310 valence electrons. The second kappa shape index (κ2) is 21.6. The Bertz CT molecular complexity index is 1810. The summed E-state index contributed by atoms with van der Waals surface area (Å²) in [6, 6.07) is 15.9. The number of aromatic amines is 1. The SMILES string of the molecule is CC1CN=C(N)NC(=NCCc2cccc(CN(C)C3=NC(CCC(CN)NC(=NCCc4ccco4)NC(N)F)C(C)N=C(N(C)CCc4ccc[nH]4)N3)c2)N1. The molecule has 2 aliphatic heterocycles. The Balaban J connectivity index is 1.27. The number of aliphatic imine (C=N–C) groups is 5. The minimum atomic E-state index is -1.79. The largest absolute Gasteiger partial charge is 0.469 e. The number of rotatable bonds is 17. The molecule has 0 spiro atoms. The summed E-state index contributed by atoms with van der Waals surface area (Å²) in [4.78, 5) is 31.5. The molecular formula is C39H61FN16O. The van der Waals surface area contributed by atoms with Crippen LogP contribution in [0.15, 0.2) is 90.4 Å². The van der Waals surface area contributed by atoms with E-state index < -0.39 is 6.42 Å². The molecule has 18 heteroatoms. The van der Waals surface area contributed by atoms with E-state index in [1.807, 2.05) is 45.4 Å². The predicted molar refractivity (Wildman–Crippen MR) is 227 cm³/mol. The van der Waals surface area contributed by atoms with Crippen LogP contribution in [0.3, 0.4) is 0 Å². The summed E-state index contributed by atoms with van der Waals surface area (Å²) in [5.41, 5.74) is 21.1. The van der Waals surface area contributed by atoms with Gasteiger partial charge in [0.15, 0.2) is 17.9 Å². The van der Waals surface area contributed by atoms with Crippen molar-refractivity contribution in [3.8, 4) is 0 Å². The van der Waals surface area contributed by atoms with Crippen LogP contribution < -0.4 is 43.8 Å². The number of benzene rings is 1. The van der Waals surface area contributed by atoms with Crippen LogP contribution in [0.4, 0.5) is 4.39 Å². The van der Waals surface area contributed by atoms with Gasteiger partial charge in [-0.3, -0.25) is 31.3 Å². The fourth-order valence-electron chi connectivity index (χ4n) is 6.46. The Morgan fingerprint density at radius 1 is 1.00 bits per heavy atom. The molecule has 57 heavy (non-hydrogen) atoms. The van der Waals surface area contributed by atoms with Crippen molar-refractivity contribution in [1.29, 1.82) is 0 Å². The summed E-state index contributed by atoms with van der Waals surface area (Å²) < 4.78 is 19.3. The molecule has 0 amide bonds. The molecule has 5 rings (SSSR count). The lowest BCUT2D eigenvalue weighted by atomic mass is 10.0. The number of hydrogen-bond donors (Lipinski definition) is 9. The molecule has 17 nitrogen and oxygen atoms in total. The van der Waals surface area contributed by atoms with Gasteiger partial charge in [-0.15, -0.1) is 0 Å². The molecule has 0 saturated heterocycles. The maximum Gasteiger partial charge on any atom is 0.224 e. The topological polar surface area (TPSA) is 235 Å². The third kappa shape index (κ3) is 14.1. The highest BCUT2D eigenvalue weighted by atomic mass is 19.1. The van der Waals surface area contributed by atoms with Gasteiger partial charge >= 0.3 is 0 Å². The summed E-state index contributed by atoms with van der Waals surface area (Å²) in [6.07, 6.45) is 5.22. The average molecular weight is 789 g/mol. The van der Waals surface area contributed by atoms with Crippen molar-refractivity contribution >= 4 is 29.8 Å². The summed E-state index contributed by atoms with van der Waals surface area (Å²) in [7, 11) is 4.07. The van der Waals surface area contributed by atoms with Crippen molar-refractivity contribution in [3.05, 3.63) is 83.6 Å². The molecule has 2 aromatic heterocycles. The van der Waals surface area contributed by atoms with Gasteiger partial charge in [0, 0.05) is 83.6 Å². The second-order valence-electron chi connectivity index (χ2n) is 14.5. The normalized spacial score (nSPS) is 20.4. The second-order valence-corrected chi connectivity index (χ2v) is 14.5. The van der Waals surface area contributed by atoms with Crippen molar-refractivity contribution < 1.29 is 8.81 Å². The van der Waals surface area contributed by atoms with Crippen LogP contribution in [0, 0.1) is 0 Å². The predicted octanol–water partition coefficient (Wildman–Crippen LogP) is 1.18. The molecule has 0 fully saturated rings. The van der Waals surface area contributed by atoms with E-state index in [-0.39, 0.29) is 30.1 Å². The van der Waals surface area contributed by atoms with Crippen molar-refractivity contribution in [3.63, 3.8) is 0 Å². The number of alkyl halides is 1. The fourth-order valence-corrected chi connectivity index (χ4v) is 6.46. The molecule has 0 aliphatic carbocycles. The Kier molecular flexibility index (Phi) is 16.1. The molecule has 0 bridgehead atoms. The van der Waals surface area contributed by atoms with E-state index in [0.29, 0.717) is 69.9 Å². The van der Waals surface area contributed by atoms with Gasteiger partial charge in [-0.05, 0) is 68.5 Å². The number of likely N-dealkylation sites (N-methyl/N-ethyl adjacent to an activating group) is 1. The van der Waals surface area contributed by atoms with Gasteiger partial charge in [0.25, 0.3) is 0 Å². The fraction of sp³-hybridized carbons (Fsp3) is 0.513. The van der Waals surface area contributed by atoms with Crippen molar-refractivity contribution in [1.82, 2.24) is 41.4 Å². The third-order valence-electron chi connectivity index (χ3n) is 9.66. The zero-order chi connectivity index (χ0) is 40.6. The Morgan fingerprint density at radius 3 is 2.58 bits per heavy atom. The highest BCUT2D eigenvalue weighted by Crippen LogP contribution is 2.17. The lowest BCUT2D eigenvalue weighted by Gasteiger charge is -2.26. The number of hydrogen-bond acceptors (Lipinski definition) is 12. The number of nitrogens with one attached hydrogen (secondary N) is 6. The van der Waals surface area contributed by atoms with Gasteiger partial charge in [0.2, 0.25) is 18.3 Å². The monoisotopic (exact) mass is 789 g/mol. The average Bonchev–Trinajstić information content (AvgIpc) is 3.85. The minimum absolute atomic E-state index is 0.141. The van der Waals surface area contributed by atoms with Crippen LogP contribution in [0.5, 0.6) is 0 Å². The highest BCUT2D eigenvalue weighted by molar-refractivity contribution is 5.99. The van der Waals surface area contributed by atoms with Crippen LogP contribution in [0.1, 0.15) is 49.3 Å². The molecular weight excluding hydrogens is 728 g/mol. The van der Waals surface area contributed by atoms with E-state index in [9.17, 15) is 4.39 Å². The smallest absolute Gasteiger partial charge is 0.224 e. The third-order valence-corrected chi connectivity index (χ3v) is 9.66. The summed E-state index contributed by atoms with van der Waals surface area (Å²) in [5.74, 6) is 3.50. The van der Waals surface area contributed by atoms with Gasteiger partial charge in [-0.25, -0.2) is 14.4 Å². The van der Waals surface area contributed by atoms with Crippen molar-refractivity contribution in [2.75, 3.05) is 46.8 Å². The van der Waals surface area contributed by atoms with Gasteiger partial charge in [0.1, 0.15) is 5.76 Å². The maximum atomic E-state index is 13.9. The quantitative estimate of drug-likeness (QED) is 0.0408. The molecule has 5 unspecified atom stereocenters. The highest BCUT2D eigenvalue weighted by Gasteiger charge is 2.26. The zero-order valence-electron chi connectivity index (χ0n) is 33.6.